The number of nitrogens with two attached hydrogens (primary N) is 2. The number of nitrogens with one attached hydrogen (secondary N) is 3. The number of fused-ring (bicyclic) bond motifs is 2. The molecule has 2 aliphatic carbocycles. The molecule has 3 heterocycles. The summed E-state index contributed by atoms with van der Waals surface area (Å²) in [6.45, 7) is 4.84. The van der Waals surface area contributed by atoms with Gasteiger partial charge < -0.3 is 36.8 Å². The summed E-state index contributed by atoms with van der Waals surface area (Å²) in [7, 11) is 2.07. The summed E-state index contributed by atoms with van der Waals surface area (Å²) >= 11 is 1.50. The van der Waals surface area contributed by atoms with Crippen molar-refractivity contribution in [1.82, 2.24) is 14.9 Å². The van der Waals surface area contributed by atoms with Crippen LogP contribution in [0.5, 0.6) is 5.88 Å². The summed E-state index contributed by atoms with van der Waals surface area (Å²) in [5, 5.41) is 32.5. The van der Waals surface area contributed by atoms with Gasteiger partial charge in [-0.05, 0) is 84.9 Å². The summed E-state index contributed by atoms with van der Waals surface area (Å²) < 4.78 is 11.2. The Balaban J connectivity index is 1.50. The molecule has 1 aliphatic heterocycles. The quantitative estimate of drug-likeness (QED) is 0.128. The van der Waals surface area contributed by atoms with Crippen molar-refractivity contribution >= 4 is 51.0 Å². The maximum atomic E-state index is 11.8. The van der Waals surface area contributed by atoms with Crippen LogP contribution in [-0.2, 0) is 21.4 Å². The minimum Gasteiger partial charge on any atom is -0.504 e. The van der Waals surface area contributed by atoms with Gasteiger partial charge in [0.05, 0.1) is 12.3 Å². The first kappa shape index (κ1) is 31.5. The van der Waals surface area contributed by atoms with E-state index in [0.29, 0.717) is 34.2 Å². The average Bonchev–Trinajstić information content (AvgIpc) is 3.56. The van der Waals surface area contributed by atoms with Gasteiger partial charge in [0, 0.05) is 45.4 Å². The summed E-state index contributed by atoms with van der Waals surface area (Å²) in [5.74, 6) is -0.331. The Bertz CT molecular complexity index is 1520. The van der Waals surface area contributed by atoms with Crippen LogP contribution in [0.25, 0.3) is 5.76 Å². The number of aromatic nitrogens is 2. The van der Waals surface area contributed by atoms with Crippen LogP contribution >= 0.6 is 11.3 Å². The molecule has 13 heteroatoms. The lowest BCUT2D eigenvalue weighted by Gasteiger charge is -2.42. The molecule has 2 fully saturated rings. The van der Waals surface area contributed by atoms with E-state index in [9.17, 15) is 15.3 Å². The van der Waals surface area contributed by atoms with Crippen LogP contribution in [0.3, 0.4) is 0 Å². The first-order valence-corrected chi connectivity index (χ1v) is 16.0. The number of rotatable bonds is 9. The molecule has 2 aromatic heterocycles. The molecule has 1 saturated heterocycles. The zero-order chi connectivity index (χ0) is 31.6. The van der Waals surface area contributed by atoms with E-state index < -0.39 is 11.4 Å². The van der Waals surface area contributed by atoms with Gasteiger partial charge in [-0.1, -0.05) is 0 Å². The van der Waals surface area contributed by atoms with Crippen molar-refractivity contribution in [3.8, 4) is 5.88 Å². The van der Waals surface area contributed by atoms with E-state index in [2.05, 4.69) is 27.2 Å². The molecule has 3 atom stereocenters. The lowest BCUT2D eigenvalue weighted by Crippen LogP contribution is -2.42. The van der Waals surface area contributed by atoms with Gasteiger partial charge in [0.15, 0.2) is 11.6 Å². The Morgan fingerprint density at radius 2 is 2.05 bits per heavy atom. The van der Waals surface area contributed by atoms with Gasteiger partial charge in [-0.3, -0.25) is 10.3 Å². The SMILES string of the molecule is CCOC(=O)C(=N)/C=C\Nc1cc(O[C@@H](C)[C@@H]2CCCN2C)nc(/C(O)=C2\CCC[C@@]3(CCCc4sc(N)c(N)c43)C2=N)n1. The molecule has 0 unspecified atom stereocenters. The number of anilines is 3. The first-order chi connectivity index (χ1) is 21.1. The lowest BCUT2D eigenvalue weighted by atomic mass is 9.61. The lowest BCUT2D eigenvalue weighted by molar-refractivity contribution is -0.135. The zero-order valence-corrected chi connectivity index (χ0v) is 26.4. The molecule has 0 amide bonds. The number of nitrogen functional groups attached to an aromatic ring is 2. The zero-order valence-electron chi connectivity index (χ0n) is 25.5. The van der Waals surface area contributed by atoms with Crippen LogP contribution in [0.1, 0.15) is 75.1 Å². The molecule has 3 aliphatic rings. The Labute approximate surface area is 261 Å². The monoisotopic (exact) mass is 622 g/mol. The van der Waals surface area contributed by atoms with E-state index in [1.165, 1.54) is 23.6 Å². The van der Waals surface area contributed by atoms with Crippen molar-refractivity contribution in [1.29, 1.82) is 10.8 Å². The van der Waals surface area contributed by atoms with E-state index in [1.54, 1.807) is 13.0 Å². The molecule has 0 radical (unpaired) electrons. The molecule has 8 N–H and O–H groups in total. The second-order valence-electron chi connectivity index (χ2n) is 11.7. The van der Waals surface area contributed by atoms with Crippen molar-refractivity contribution in [2.24, 2.45) is 0 Å². The first-order valence-electron chi connectivity index (χ1n) is 15.2. The molecule has 1 spiro atoms. The number of aryl methyl sites for hydroxylation is 1. The molecular formula is C31H42N8O4S. The highest BCUT2D eigenvalue weighted by atomic mass is 32.1. The number of likely N-dealkylation sites (N-methyl/N-ethyl adjacent to an activating group) is 1. The van der Waals surface area contributed by atoms with Gasteiger partial charge in [0.1, 0.15) is 22.6 Å². The molecule has 2 aromatic rings. The third-order valence-electron chi connectivity index (χ3n) is 8.95. The predicted octanol–water partition coefficient (Wildman–Crippen LogP) is 4.82. The number of ether oxygens (including phenoxy) is 2. The summed E-state index contributed by atoms with van der Waals surface area (Å²) in [6.07, 6.45) is 9.17. The van der Waals surface area contributed by atoms with Crippen molar-refractivity contribution in [2.45, 2.75) is 82.8 Å². The standard InChI is InChI=1S/C31H42N8O4S/c1-4-42-30(41)19(32)11-14-36-22-16-23(43-17(2)20-9-7-15-39(20)3)38-29(37-22)26(40)18-8-5-12-31(27(18)34)13-6-10-21-24(31)25(33)28(35)44-21/h11,14,16-17,20,32,34,40H,4-10,12-13,15,33,35H2,1-3H3,(H,36,37,38)/b14-11-,26-18-,32-19?,34-27?/t17-,20-,31-/m0/s1. The Hall–Kier alpha value is -3.97. The maximum Gasteiger partial charge on any atom is 0.356 e. The second-order valence-corrected chi connectivity index (χ2v) is 12.8. The number of esters is 1. The van der Waals surface area contributed by atoms with E-state index in [4.69, 9.17) is 26.4 Å². The van der Waals surface area contributed by atoms with Gasteiger partial charge in [-0.2, -0.15) is 4.98 Å². The molecule has 12 nitrogen and oxygen atoms in total. The van der Waals surface area contributed by atoms with Gasteiger partial charge in [0.25, 0.3) is 0 Å². The molecule has 236 valence electrons. The number of allylic oxidation sites excluding steroid dienone is 1. The Morgan fingerprint density at radius 1 is 1.30 bits per heavy atom. The van der Waals surface area contributed by atoms with Crippen LogP contribution in [0, 0.1) is 10.8 Å². The summed E-state index contributed by atoms with van der Waals surface area (Å²) in [4.78, 5) is 24.4. The highest BCUT2D eigenvalue weighted by Gasteiger charge is 2.47. The van der Waals surface area contributed by atoms with E-state index in [0.717, 1.165) is 61.9 Å². The van der Waals surface area contributed by atoms with Gasteiger partial charge in [-0.15, -0.1) is 11.3 Å². The third kappa shape index (κ3) is 6.03. The highest BCUT2D eigenvalue weighted by Crippen LogP contribution is 2.53. The van der Waals surface area contributed by atoms with Crippen LogP contribution in [0.4, 0.5) is 16.5 Å². The van der Waals surface area contributed by atoms with E-state index in [1.807, 2.05) is 6.92 Å². The van der Waals surface area contributed by atoms with Crippen molar-refractivity contribution in [2.75, 3.05) is 37.0 Å². The number of carbonyl (C=O) groups excluding carboxylic acids is 1. The van der Waals surface area contributed by atoms with Gasteiger partial charge in [0.2, 0.25) is 5.88 Å². The number of hydrogen-bond donors (Lipinski definition) is 6. The number of thiophene rings is 1. The molecule has 0 aromatic carbocycles. The number of carbonyl (C=O) groups is 1. The fraction of sp³-hybridized carbons (Fsp3) is 0.516. The van der Waals surface area contributed by atoms with Gasteiger partial charge in [-0.25, -0.2) is 9.78 Å². The van der Waals surface area contributed by atoms with Crippen LogP contribution in [0.15, 0.2) is 23.9 Å². The molecule has 1 saturated carbocycles. The van der Waals surface area contributed by atoms with E-state index >= 15 is 0 Å². The van der Waals surface area contributed by atoms with Crippen LogP contribution in [-0.4, -0.2) is 69.7 Å². The number of nitrogens with zero attached hydrogens (tertiary/aromatic N) is 3. The Morgan fingerprint density at radius 3 is 2.75 bits per heavy atom. The molecule has 44 heavy (non-hydrogen) atoms. The highest BCUT2D eigenvalue weighted by molar-refractivity contribution is 7.16. The number of hydrogen-bond acceptors (Lipinski definition) is 13. The minimum atomic E-state index is -0.738. The smallest absolute Gasteiger partial charge is 0.356 e. The molecule has 5 rings (SSSR count). The number of aliphatic hydroxyl groups excluding tert-OH is 1. The Kier molecular flexibility index (Phi) is 9.26. The van der Waals surface area contributed by atoms with Gasteiger partial charge >= 0.3 is 5.97 Å². The van der Waals surface area contributed by atoms with Crippen LogP contribution in [0.2, 0.25) is 0 Å². The molecule has 0 bridgehead atoms. The minimum absolute atomic E-state index is 0.0245. The fourth-order valence-electron chi connectivity index (χ4n) is 6.82. The fourth-order valence-corrected chi connectivity index (χ4v) is 7.95. The van der Waals surface area contributed by atoms with Crippen LogP contribution < -0.4 is 21.5 Å². The van der Waals surface area contributed by atoms with Crippen molar-refractivity contribution in [3.05, 3.63) is 40.2 Å². The van der Waals surface area contributed by atoms with Crippen molar-refractivity contribution < 1.29 is 19.4 Å². The largest absolute Gasteiger partial charge is 0.504 e. The molecular weight excluding hydrogens is 580 g/mol. The predicted molar refractivity (Wildman–Crippen MR) is 174 cm³/mol. The second kappa shape index (κ2) is 12.9. The van der Waals surface area contributed by atoms with E-state index in [-0.39, 0.29) is 41.9 Å². The van der Waals surface area contributed by atoms with Crippen molar-refractivity contribution in [3.63, 3.8) is 0 Å². The maximum absolute atomic E-state index is 11.8. The topological polar surface area (TPSA) is 197 Å². The third-order valence-corrected chi connectivity index (χ3v) is 10.0. The number of likely N-dealkylation sites (tertiary alicyclic amines) is 1. The number of aliphatic hydroxyl groups is 1. The summed E-state index contributed by atoms with van der Waals surface area (Å²) in [6, 6.07) is 1.83. The average molecular weight is 623 g/mol. The normalized spacial score (nSPS) is 23.9. The summed E-state index contributed by atoms with van der Waals surface area (Å²) in [5.41, 5.74) is 14.1.